The van der Waals surface area contributed by atoms with E-state index in [9.17, 15) is 20.2 Å². The van der Waals surface area contributed by atoms with Crippen molar-refractivity contribution in [3.8, 4) is 11.1 Å². The fourth-order valence-corrected chi connectivity index (χ4v) is 1.84. The molecule has 2 aromatic carbocycles. The highest BCUT2D eigenvalue weighted by Crippen LogP contribution is 2.36. The first-order valence-electron chi connectivity index (χ1n) is 5.48. The van der Waals surface area contributed by atoms with E-state index >= 15 is 0 Å². The number of rotatable bonds is 3. The SMILES string of the molecule is Nc1ccc(-c2ccc([N+](=O)[O-])cc2N)c([N+](=O)[O-])c1. The summed E-state index contributed by atoms with van der Waals surface area (Å²) in [5, 5.41) is 21.7. The third-order valence-corrected chi connectivity index (χ3v) is 2.75. The number of benzene rings is 2. The van der Waals surface area contributed by atoms with Crippen molar-refractivity contribution in [3.05, 3.63) is 56.6 Å². The summed E-state index contributed by atoms with van der Waals surface area (Å²) < 4.78 is 0. The number of nitrogen functional groups attached to an aromatic ring is 2. The monoisotopic (exact) mass is 274 g/mol. The maximum Gasteiger partial charge on any atom is 0.279 e. The van der Waals surface area contributed by atoms with Crippen LogP contribution in [-0.2, 0) is 0 Å². The van der Waals surface area contributed by atoms with Crippen molar-refractivity contribution in [3.63, 3.8) is 0 Å². The Bertz CT molecular complexity index is 715. The van der Waals surface area contributed by atoms with E-state index in [1.807, 2.05) is 0 Å². The van der Waals surface area contributed by atoms with Crippen LogP contribution in [0.4, 0.5) is 22.7 Å². The molecule has 0 unspecified atom stereocenters. The van der Waals surface area contributed by atoms with Crippen molar-refractivity contribution in [1.29, 1.82) is 0 Å². The molecule has 0 saturated heterocycles. The van der Waals surface area contributed by atoms with E-state index in [0.717, 1.165) is 6.07 Å². The van der Waals surface area contributed by atoms with Crippen LogP contribution in [0.1, 0.15) is 0 Å². The molecule has 0 aliphatic heterocycles. The Kier molecular flexibility index (Phi) is 3.21. The van der Waals surface area contributed by atoms with Gasteiger partial charge in [0.15, 0.2) is 0 Å². The second kappa shape index (κ2) is 4.84. The topological polar surface area (TPSA) is 138 Å². The highest BCUT2D eigenvalue weighted by molar-refractivity contribution is 5.84. The highest BCUT2D eigenvalue weighted by Gasteiger charge is 2.19. The van der Waals surface area contributed by atoms with Gasteiger partial charge >= 0.3 is 0 Å². The number of hydrogen-bond donors (Lipinski definition) is 2. The predicted octanol–water partition coefficient (Wildman–Crippen LogP) is 2.33. The molecule has 8 heteroatoms. The predicted molar refractivity (Wildman–Crippen MR) is 74.0 cm³/mol. The minimum atomic E-state index is -0.586. The lowest BCUT2D eigenvalue weighted by Crippen LogP contribution is -1.98. The molecular weight excluding hydrogens is 264 g/mol. The Morgan fingerprint density at radius 3 is 2.05 bits per heavy atom. The van der Waals surface area contributed by atoms with Gasteiger partial charge in [0.25, 0.3) is 11.4 Å². The number of nitrogens with two attached hydrogens (primary N) is 2. The largest absolute Gasteiger partial charge is 0.399 e. The van der Waals surface area contributed by atoms with Crippen LogP contribution < -0.4 is 11.5 Å². The fourth-order valence-electron chi connectivity index (χ4n) is 1.84. The lowest BCUT2D eigenvalue weighted by Gasteiger charge is -2.07. The van der Waals surface area contributed by atoms with Crippen molar-refractivity contribution < 1.29 is 9.85 Å². The van der Waals surface area contributed by atoms with Gasteiger partial charge in [0.1, 0.15) is 0 Å². The van der Waals surface area contributed by atoms with Crippen LogP contribution >= 0.6 is 0 Å². The summed E-state index contributed by atoms with van der Waals surface area (Å²) in [6.45, 7) is 0. The molecule has 0 bridgehead atoms. The van der Waals surface area contributed by atoms with Crippen LogP contribution in [0.15, 0.2) is 36.4 Å². The summed E-state index contributed by atoms with van der Waals surface area (Å²) in [7, 11) is 0. The van der Waals surface area contributed by atoms with E-state index in [4.69, 9.17) is 11.5 Å². The summed E-state index contributed by atoms with van der Waals surface area (Å²) in [6, 6.07) is 7.97. The molecule has 2 rings (SSSR count). The third-order valence-electron chi connectivity index (χ3n) is 2.75. The summed E-state index contributed by atoms with van der Waals surface area (Å²) >= 11 is 0. The van der Waals surface area contributed by atoms with Gasteiger partial charge < -0.3 is 11.5 Å². The average Bonchev–Trinajstić information content (AvgIpc) is 2.38. The van der Waals surface area contributed by atoms with Gasteiger partial charge in [-0.2, -0.15) is 0 Å². The van der Waals surface area contributed by atoms with Crippen molar-refractivity contribution in [2.75, 3.05) is 11.5 Å². The van der Waals surface area contributed by atoms with E-state index < -0.39 is 9.85 Å². The first kappa shape index (κ1) is 13.3. The summed E-state index contributed by atoms with van der Waals surface area (Å²) in [6.07, 6.45) is 0. The molecule has 0 fully saturated rings. The Balaban J connectivity index is 2.63. The lowest BCUT2D eigenvalue weighted by atomic mass is 10.0. The molecule has 0 amide bonds. The van der Waals surface area contributed by atoms with Crippen LogP contribution in [0.2, 0.25) is 0 Å². The van der Waals surface area contributed by atoms with Crippen LogP contribution in [0.3, 0.4) is 0 Å². The molecule has 2 aromatic rings. The zero-order chi connectivity index (χ0) is 14.9. The quantitative estimate of drug-likeness (QED) is 0.500. The number of nitro benzene ring substituents is 2. The third kappa shape index (κ3) is 2.34. The first-order valence-corrected chi connectivity index (χ1v) is 5.48. The molecule has 102 valence electrons. The zero-order valence-corrected chi connectivity index (χ0v) is 10.1. The standard InChI is InChI=1S/C12H10N4O4/c13-7-1-3-10(12(5-7)16(19)20)9-4-2-8(15(17)18)6-11(9)14/h1-6H,13-14H2. The number of nitro groups is 2. The van der Waals surface area contributed by atoms with E-state index in [1.54, 1.807) is 0 Å². The van der Waals surface area contributed by atoms with E-state index in [2.05, 4.69) is 0 Å². The van der Waals surface area contributed by atoms with E-state index in [1.165, 1.54) is 30.3 Å². The van der Waals surface area contributed by atoms with E-state index in [-0.39, 0.29) is 28.3 Å². The van der Waals surface area contributed by atoms with Gasteiger partial charge in [-0.15, -0.1) is 0 Å². The van der Waals surface area contributed by atoms with Crippen molar-refractivity contribution >= 4 is 22.7 Å². The normalized spacial score (nSPS) is 10.2. The van der Waals surface area contributed by atoms with Crippen molar-refractivity contribution in [2.45, 2.75) is 0 Å². The Morgan fingerprint density at radius 1 is 0.850 bits per heavy atom. The molecule has 0 aliphatic rings. The second-order valence-corrected chi connectivity index (χ2v) is 4.06. The van der Waals surface area contributed by atoms with Gasteiger partial charge in [-0.3, -0.25) is 20.2 Å². The first-order chi connectivity index (χ1) is 9.40. The van der Waals surface area contributed by atoms with Gasteiger partial charge in [0.05, 0.1) is 15.4 Å². The molecule has 0 aromatic heterocycles. The van der Waals surface area contributed by atoms with Gasteiger partial charge in [-0.05, 0) is 18.2 Å². The van der Waals surface area contributed by atoms with Crippen LogP contribution in [0.5, 0.6) is 0 Å². The Hall–Kier alpha value is -3.16. The smallest absolute Gasteiger partial charge is 0.279 e. The second-order valence-electron chi connectivity index (χ2n) is 4.06. The van der Waals surface area contributed by atoms with Gasteiger partial charge in [-0.25, -0.2) is 0 Å². The van der Waals surface area contributed by atoms with Gasteiger partial charge in [0.2, 0.25) is 0 Å². The fraction of sp³-hybridized carbons (Fsp3) is 0. The molecule has 0 radical (unpaired) electrons. The minimum absolute atomic E-state index is 0.0899. The number of hydrogen-bond acceptors (Lipinski definition) is 6. The van der Waals surface area contributed by atoms with E-state index in [0.29, 0.717) is 5.56 Å². The molecule has 0 aliphatic carbocycles. The van der Waals surface area contributed by atoms with Crippen molar-refractivity contribution in [1.82, 2.24) is 0 Å². The molecule has 8 nitrogen and oxygen atoms in total. The molecule has 4 N–H and O–H groups in total. The number of non-ortho nitro benzene ring substituents is 1. The van der Waals surface area contributed by atoms with Gasteiger partial charge in [0, 0.05) is 35.1 Å². The molecule has 20 heavy (non-hydrogen) atoms. The Labute approximate surface area is 112 Å². The van der Waals surface area contributed by atoms with Crippen LogP contribution in [0.25, 0.3) is 11.1 Å². The summed E-state index contributed by atoms with van der Waals surface area (Å²) in [5.41, 5.74) is 11.8. The lowest BCUT2D eigenvalue weighted by molar-refractivity contribution is -0.385. The molecule has 0 atom stereocenters. The molecule has 0 spiro atoms. The maximum absolute atomic E-state index is 11.0. The van der Waals surface area contributed by atoms with Gasteiger partial charge in [-0.1, -0.05) is 0 Å². The highest BCUT2D eigenvalue weighted by atomic mass is 16.6. The van der Waals surface area contributed by atoms with Crippen LogP contribution in [-0.4, -0.2) is 9.85 Å². The minimum Gasteiger partial charge on any atom is -0.399 e. The summed E-state index contributed by atoms with van der Waals surface area (Å²) in [5.74, 6) is 0. The van der Waals surface area contributed by atoms with Crippen LogP contribution in [0, 0.1) is 20.2 Å². The average molecular weight is 274 g/mol. The Morgan fingerprint density at radius 2 is 1.50 bits per heavy atom. The van der Waals surface area contributed by atoms with Crippen molar-refractivity contribution in [2.24, 2.45) is 0 Å². The maximum atomic E-state index is 11.0. The number of nitrogens with zero attached hydrogens (tertiary/aromatic N) is 2. The molecular formula is C12H10N4O4. The summed E-state index contributed by atoms with van der Waals surface area (Å²) in [4.78, 5) is 20.5. The molecule has 0 saturated carbocycles. The zero-order valence-electron chi connectivity index (χ0n) is 10.1. The molecule has 0 heterocycles. The number of anilines is 2.